The van der Waals surface area contributed by atoms with Gasteiger partial charge in [-0.2, -0.15) is 0 Å². The molecule has 0 saturated heterocycles. The average molecular weight is 522 g/mol. The minimum Gasteiger partial charge on any atom is -0.370 e. The van der Waals surface area contributed by atoms with Crippen LogP contribution in [-0.4, -0.2) is 62.7 Å². The second kappa shape index (κ2) is 10.4. The van der Waals surface area contributed by atoms with Crippen LogP contribution in [0.2, 0.25) is 0 Å². The Bertz CT molecular complexity index is 1340. The second-order valence-corrected chi connectivity index (χ2v) is 10.6. The van der Waals surface area contributed by atoms with Gasteiger partial charge in [0.25, 0.3) is 0 Å². The van der Waals surface area contributed by atoms with Crippen LogP contribution in [0.3, 0.4) is 0 Å². The summed E-state index contributed by atoms with van der Waals surface area (Å²) < 4.78 is 2.34. The summed E-state index contributed by atoms with van der Waals surface area (Å²) >= 11 is 0. The van der Waals surface area contributed by atoms with Gasteiger partial charge in [0.1, 0.15) is 0 Å². The highest BCUT2D eigenvalue weighted by Crippen LogP contribution is 2.39. The van der Waals surface area contributed by atoms with Crippen molar-refractivity contribution in [3.63, 3.8) is 0 Å². The highest BCUT2D eigenvalue weighted by molar-refractivity contribution is 5.78. The Morgan fingerprint density at radius 1 is 0.667 bits per heavy atom. The number of hydrogen-bond donors (Lipinski definition) is 4. The maximum Gasteiger partial charge on any atom is 0.188 e. The number of nitrogens with one attached hydrogen (secondary N) is 2. The quantitative estimate of drug-likeness (QED) is 0.292. The Hall–Kier alpha value is -4.40. The molecule has 3 heterocycles. The first-order valence-electron chi connectivity index (χ1n) is 13.7. The van der Waals surface area contributed by atoms with Crippen LogP contribution in [0.25, 0.3) is 33.9 Å². The summed E-state index contributed by atoms with van der Waals surface area (Å²) in [4.78, 5) is 3.75. The van der Waals surface area contributed by atoms with Gasteiger partial charge in [0.2, 0.25) is 0 Å². The van der Waals surface area contributed by atoms with Crippen molar-refractivity contribution in [2.24, 2.45) is 11.5 Å². The second-order valence-electron chi connectivity index (χ2n) is 10.6. The van der Waals surface area contributed by atoms with E-state index in [4.69, 9.17) is 22.3 Å². The molecule has 0 bridgehead atoms. The van der Waals surface area contributed by atoms with Crippen molar-refractivity contribution in [3.05, 3.63) is 71.8 Å². The summed E-state index contributed by atoms with van der Waals surface area (Å²) in [7, 11) is 0. The summed E-state index contributed by atoms with van der Waals surface area (Å²) in [5.41, 5.74) is 18.4. The van der Waals surface area contributed by atoms with Crippen molar-refractivity contribution >= 4 is 23.1 Å². The number of nitrogens with two attached hydrogens (primary N) is 2. The first-order valence-corrected chi connectivity index (χ1v) is 13.7. The lowest BCUT2D eigenvalue weighted by molar-refractivity contribution is 0.318. The monoisotopic (exact) mass is 521 g/mol. The van der Waals surface area contributed by atoms with E-state index in [1.54, 1.807) is 0 Å². The van der Waals surface area contributed by atoms with E-state index < -0.39 is 0 Å². The van der Waals surface area contributed by atoms with E-state index in [-0.39, 0.29) is 11.9 Å². The van der Waals surface area contributed by atoms with Gasteiger partial charge in [-0.1, -0.05) is 60.7 Å². The molecule has 6 N–H and O–H groups in total. The molecule has 1 aromatic heterocycles. The van der Waals surface area contributed by atoms with Gasteiger partial charge in [0.05, 0.1) is 0 Å². The van der Waals surface area contributed by atoms with Gasteiger partial charge in [-0.15, -0.1) is 10.2 Å². The molecule has 1 saturated carbocycles. The normalized spacial score (nSPS) is 17.8. The SMILES string of the molecule is N=C(N)N1CC=C(c2ccc(-c3nnc(-c4ccc(C5=CCN(C(=N)N)CC5)cc4)n3C3CCC3)cc2)CC1. The van der Waals surface area contributed by atoms with Crippen LogP contribution in [0.15, 0.2) is 60.7 Å². The molecule has 6 rings (SSSR count). The van der Waals surface area contributed by atoms with E-state index >= 15 is 0 Å². The molecule has 9 heteroatoms. The molecule has 39 heavy (non-hydrogen) atoms. The average Bonchev–Trinajstić information content (AvgIpc) is 3.36. The van der Waals surface area contributed by atoms with Crippen LogP contribution in [0.1, 0.15) is 49.3 Å². The lowest BCUT2D eigenvalue weighted by Crippen LogP contribution is -2.39. The molecule has 2 aliphatic heterocycles. The number of nitrogens with zero attached hydrogens (tertiary/aromatic N) is 5. The Labute approximate surface area is 228 Å². The fourth-order valence-electron chi connectivity index (χ4n) is 5.64. The van der Waals surface area contributed by atoms with E-state index in [2.05, 4.69) is 75.4 Å². The zero-order valence-electron chi connectivity index (χ0n) is 22.1. The Morgan fingerprint density at radius 3 is 1.38 bits per heavy atom. The molecule has 1 aliphatic carbocycles. The molecule has 2 aromatic carbocycles. The fraction of sp³-hybridized carbons (Fsp3) is 0.333. The third kappa shape index (κ3) is 4.92. The van der Waals surface area contributed by atoms with Crippen LogP contribution in [-0.2, 0) is 0 Å². The summed E-state index contributed by atoms with van der Waals surface area (Å²) in [5, 5.41) is 24.6. The predicted octanol–water partition coefficient (Wildman–Crippen LogP) is 4.30. The van der Waals surface area contributed by atoms with Gasteiger partial charge in [-0.3, -0.25) is 10.8 Å². The molecule has 0 atom stereocenters. The van der Waals surface area contributed by atoms with Crippen LogP contribution < -0.4 is 11.5 Å². The largest absolute Gasteiger partial charge is 0.370 e. The van der Waals surface area contributed by atoms with Crippen molar-refractivity contribution < 1.29 is 0 Å². The number of benzene rings is 2. The minimum absolute atomic E-state index is 0.133. The third-order valence-electron chi connectivity index (χ3n) is 8.26. The van der Waals surface area contributed by atoms with Gasteiger partial charge >= 0.3 is 0 Å². The van der Waals surface area contributed by atoms with E-state index in [1.165, 1.54) is 28.7 Å². The Kier molecular flexibility index (Phi) is 6.64. The molecular formula is C30H35N9. The first kappa shape index (κ1) is 24.9. The van der Waals surface area contributed by atoms with E-state index in [9.17, 15) is 0 Å². The van der Waals surface area contributed by atoms with Crippen LogP contribution in [0.4, 0.5) is 0 Å². The molecule has 3 aliphatic rings. The van der Waals surface area contributed by atoms with Crippen molar-refractivity contribution in [1.82, 2.24) is 24.6 Å². The van der Waals surface area contributed by atoms with Gasteiger partial charge in [-0.25, -0.2) is 0 Å². The summed E-state index contributed by atoms with van der Waals surface area (Å²) in [6, 6.07) is 17.7. The van der Waals surface area contributed by atoms with Crippen molar-refractivity contribution in [3.8, 4) is 22.8 Å². The minimum atomic E-state index is 0.133. The van der Waals surface area contributed by atoms with Crippen molar-refractivity contribution in [2.75, 3.05) is 26.2 Å². The van der Waals surface area contributed by atoms with Crippen molar-refractivity contribution in [2.45, 2.75) is 38.1 Å². The van der Waals surface area contributed by atoms with Gasteiger partial charge in [0.15, 0.2) is 23.6 Å². The number of aromatic nitrogens is 3. The molecule has 0 spiro atoms. The smallest absolute Gasteiger partial charge is 0.188 e. The number of rotatable bonds is 5. The van der Waals surface area contributed by atoms with Crippen molar-refractivity contribution in [1.29, 1.82) is 10.8 Å². The highest BCUT2D eigenvalue weighted by atomic mass is 15.3. The molecule has 3 aromatic rings. The maximum atomic E-state index is 7.64. The zero-order chi connectivity index (χ0) is 26.9. The molecule has 0 radical (unpaired) electrons. The molecule has 200 valence electrons. The zero-order valence-corrected chi connectivity index (χ0v) is 22.1. The summed E-state index contributed by atoms with van der Waals surface area (Å²) in [6.07, 6.45) is 9.62. The summed E-state index contributed by atoms with van der Waals surface area (Å²) in [6.45, 7) is 2.90. The maximum absolute atomic E-state index is 7.64. The van der Waals surface area contributed by atoms with Gasteiger partial charge < -0.3 is 25.8 Å². The molecule has 0 amide bonds. The van der Waals surface area contributed by atoms with Gasteiger partial charge in [-0.05, 0) is 54.4 Å². The van der Waals surface area contributed by atoms with E-state index in [1.807, 2.05) is 9.80 Å². The highest BCUT2D eigenvalue weighted by Gasteiger charge is 2.27. The fourth-order valence-corrected chi connectivity index (χ4v) is 5.64. The first-order chi connectivity index (χ1) is 19.0. The lowest BCUT2D eigenvalue weighted by Gasteiger charge is -2.29. The summed E-state index contributed by atoms with van der Waals surface area (Å²) in [5.74, 6) is 2.11. The van der Waals surface area contributed by atoms with E-state index in [0.29, 0.717) is 19.1 Å². The predicted molar refractivity (Wildman–Crippen MR) is 156 cm³/mol. The third-order valence-corrected chi connectivity index (χ3v) is 8.26. The number of guanidine groups is 2. The number of hydrogen-bond acceptors (Lipinski definition) is 4. The van der Waals surface area contributed by atoms with E-state index in [0.717, 1.165) is 61.5 Å². The standard InChI is InChI=1S/C30H35N9/c31-29(32)37-16-12-22(13-17-37)20-4-8-24(9-5-20)27-35-36-28(39(27)26-2-1-3-26)25-10-6-21(7-11-25)23-14-18-38(19-15-23)30(33)34/h4-12,14,26H,1-3,13,15-19H2,(H3,31,32)(H3,33,34). The van der Waals surface area contributed by atoms with Crippen LogP contribution in [0, 0.1) is 10.8 Å². The van der Waals surface area contributed by atoms with Gasteiger partial charge in [0, 0.05) is 43.3 Å². The molecule has 1 fully saturated rings. The molecule has 0 unspecified atom stereocenters. The molecule has 9 nitrogen and oxygen atoms in total. The Morgan fingerprint density at radius 2 is 1.08 bits per heavy atom. The lowest BCUT2D eigenvalue weighted by atomic mass is 9.91. The topological polar surface area (TPSA) is 137 Å². The van der Waals surface area contributed by atoms with Crippen LogP contribution >= 0.6 is 0 Å². The molecular weight excluding hydrogens is 486 g/mol. The van der Waals surface area contributed by atoms with Crippen LogP contribution in [0.5, 0.6) is 0 Å². The Balaban J connectivity index is 1.24.